The Morgan fingerprint density at radius 3 is 2.22 bits per heavy atom. The van der Waals surface area contributed by atoms with Crippen LogP contribution < -0.4 is 10.1 Å². The molecule has 0 saturated carbocycles. The van der Waals surface area contributed by atoms with Gasteiger partial charge in [0, 0.05) is 22.4 Å². The van der Waals surface area contributed by atoms with Gasteiger partial charge >= 0.3 is 0 Å². The normalized spacial score (nSPS) is 14.1. The molecule has 0 saturated heterocycles. The molecular formula is C27H24BrNO3. The first-order valence-electron chi connectivity index (χ1n) is 10.4. The van der Waals surface area contributed by atoms with Crippen LogP contribution in [0.25, 0.3) is 5.57 Å². The monoisotopic (exact) mass is 489 g/mol. The predicted molar refractivity (Wildman–Crippen MR) is 132 cm³/mol. The van der Waals surface area contributed by atoms with Gasteiger partial charge in [-0.1, -0.05) is 29.8 Å². The van der Waals surface area contributed by atoms with E-state index < -0.39 is 5.60 Å². The standard InChI is InChI=1S/C27H24BrNO3/c1-16-5-7-19(8-6-16)23-15-27(3,4)32-25-22(23)13-20(14-24(25)28)26(31)29-21-11-9-18(10-12-21)17(2)30/h5-15H,1-4H3,(H,29,31). The molecule has 0 aromatic heterocycles. The second-order valence-electron chi connectivity index (χ2n) is 8.55. The summed E-state index contributed by atoms with van der Waals surface area (Å²) in [6.45, 7) is 7.60. The van der Waals surface area contributed by atoms with E-state index in [4.69, 9.17) is 4.74 Å². The molecule has 0 atom stereocenters. The van der Waals surface area contributed by atoms with Gasteiger partial charge in [-0.3, -0.25) is 9.59 Å². The highest BCUT2D eigenvalue weighted by Gasteiger charge is 2.30. The molecule has 4 rings (SSSR count). The topological polar surface area (TPSA) is 55.4 Å². The van der Waals surface area contributed by atoms with Crippen molar-refractivity contribution in [3.05, 3.63) is 99.0 Å². The summed E-state index contributed by atoms with van der Waals surface area (Å²) in [6.07, 6.45) is 2.09. The predicted octanol–water partition coefficient (Wildman–Crippen LogP) is 6.82. The highest BCUT2D eigenvalue weighted by molar-refractivity contribution is 9.10. The van der Waals surface area contributed by atoms with Crippen LogP contribution >= 0.6 is 15.9 Å². The van der Waals surface area contributed by atoms with Crippen LogP contribution in [0.2, 0.25) is 0 Å². The lowest BCUT2D eigenvalue weighted by Crippen LogP contribution is -2.29. The summed E-state index contributed by atoms with van der Waals surface area (Å²) in [6, 6.07) is 18.8. The number of ether oxygens (including phenoxy) is 1. The second kappa shape index (κ2) is 8.40. The fraction of sp³-hybridized carbons (Fsp3) is 0.185. The maximum atomic E-state index is 13.0. The number of benzene rings is 3. The lowest BCUT2D eigenvalue weighted by Gasteiger charge is -2.32. The van der Waals surface area contributed by atoms with E-state index in [9.17, 15) is 9.59 Å². The highest BCUT2D eigenvalue weighted by Crippen LogP contribution is 2.44. The highest BCUT2D eigenvalue weighted by atomic mass is 79.9. The Labute approximate surface area is 196 Å². The number of hydrogen-bond donors (Lipinski definition) is 1. The molecule has 0 fully saturated rings. The molecule has 4 nitrogen and oxygen atoms in total. The maximum Gasteiger partial charge on any atom is 0.255 e. The van der Waals surface area contributed by atoms with Gasteiger partial charge in [-0.25, -0.2) is 0 Å². The van der Waals surface area contributed by atoms with Gasteiger partial charge in [0.05, 0.1) is 4.47 Å². The Hall–Kier alpha value is -3.18. The number of nitrogens with one attached hydrogen (secondary N) is 1. The summed E-state index contributed by atoms with van der Waals surface area (Å²) in [7, 11) is 0. The summed E-state index contributed by atoms with van der Waals surface area (Å²) in [4.78, 5) is 24.5. The SMILES string of the molecule is CC(=O)c1ccc(NC(=O)c2cc(Br)c3c(c2)C(c2ccc(C)cc2)=CC(C)(C)O3)cc1. The van der Waals surface area contributed by atoms with Gasteiger partial charge in [0.2, 0.25) is 0 Å². The minimum Gasteiger partial charge on any atom is -0.482 e. The molecule has 1 amide bonds. The third-order valence-electron chi connectivity index (χ3n) is 5.36. The van der Waals surface area contributed by atoms with Crippen LogP contribution in [0.5, 0.6) is 5.75 Å². The van der Waals surface area contributed by atoms with E-state index in [1.165, 1.54) is 12.5 Å². The van der Waals surface area contributed by atoms with E-state index in [2.05, 4.69) is 58.5 Å². The van der Waals surface area contributed by atoms with Crippen molar-refractivity contribution in [2.45, 2.75) is 33.3 Å². The third kappa shape index (κ3) is 4.53. The van der Waals surface area contributed by atoms with Crippen molar-refractivity contribution in [2.24, 2.45) is 0 Å². The zero-order valence-corrected chi connectivity index (χ0v) is 20.0. The number of carbonyl (C=O) groups excluding carboxylic acids is 2. The van der Waals surface area contributed by atoms with Crippen molar-refractivity contribution in [2.75, 3.05) is 5.32 Å². The molecule has 0 bridgehead atoms. The van der Waals surface area contributed by atoms with Crippen LogP contribution in [0.3, 0.4) is 0 Å². The van der Waals surface area contributed by atoms with Crippen LogP contribution in [0, 0.1) is 6.92 Å². The molecule has 0 spiro atoms. The van der Waals surface area contributed by atoms with E-state index in [0.29, 0.717) is 16.8 Å². The number of carbonyl (C=O) groups is 2. The van der Waals surface area contributed by atoms with Crippen molar-refractivity contribution >= 4 is 38.9 Å². The molecule has 1 N–H and O–H groups in total. The quantitative estimate of drug-likeness (QED) is 0.409. The van der Waals surface area contributed by atoms with Gasteiger partial charge in [0.15, 0.2) is 5.78 Å². The number of amides is 1. The number of hydrogen-bond acceptors (Lipinski definition) is 3. The molecule has 1 heterocycles. The van der Waals surface area contributed by atoms with Crippen LogP contribution in [-0.4, -0.2) is 17.3 Å². The molecule has 1 aliphatic rings. The van der Waals surface area contributed by atoms with Gasteiger partial charge in [-0.15, -0.1) is 0 Å². The zero-order valence-electron chi connectivity index (χ0n) is 18.5. The Morgan fingerprint density at radius 2 is 1.59 bits per heavy atom. The Kier molecular flexibility index (Phi) is 5.78. The Bertz CT molecular complexity index is 1240. The van der Waals surface area contributed by atoms with Crippen LogP contribution in [0.1, 0.15) is 58.2 Å². The van der Waals surface area contributed by atoms with E-state index in [0.717, 1.165) is 26.9 Å². The summed E-state index contributed by atoms with van der Waals surface area (Å²) >= 11 is 3.61. The number of rotatable bonds is 4. The van der Waals surface area contributed by atoms with E-state index in [1.54, 1.807) is 30.3 Å². The van der Waals surface area contributed by atoms with E-state index in [-0.39, 0.29) is 11.7 Å². The molecule has 0 unspecified atom stereocenters. The van der Waals surface area contributed by atoms with Crippen LogP contribution in [0.4, 0.5) is 5.69 Å². The summed E-state index contributed by atoms with van der Waals surface area (Å²) in [5.74, 6) is 0.465. The average Bonchev–Trinajstić information content (AvgIpc) is 2.74. The van der Waals surface area contributed by atoms with Crippen LogP contribution in [0.15, 0.2) is 71.2 Å². The van der Waals surface area contributed by atoms with Gasteiger partial charge in [0.1, 0.15) is 11.4 Å². The molecule has 3 aromatic carbocycles. The Balaban J connectivity index is 1.71. The van der Waals surface area contributed by atoms with Crippen molar-refractivity contribution in [3.8, 4) is 5.75 Å². The zero-order chi connectivity index (χ0) is 23.0. The van der Waals surface area contributed by atoms with Crippen molar-refractivity contribution < 1.29 is 14.3 Å². The molecule has 162 valence electrons. The first kappa shape index (κ1) is 22.0. The summed E-state index contributed by atoms with van der Waals surface area (Å²) in [5.41, 5.74) is 5.39. The summed E-state index contributed by atoms with van der Waals surface area (Å²) < 4.78 is 6.95. The number of ketones is 1. The number of halogens is 1. The summed E-state index contributed by atoms with van der Waals surface area (Å²) in [5, 5.41) is 2.91. The van der Waals surface area contributed by atoms with Gasteiger partial charge < -0.3 is 10.1 Å². The fourth-order valence-electron chi connectivity index (χ4n) is 3.71. The fourth-order valence-corrected chi connectivity index (χ4v) is 4.25. The average molecular weight is 490 g/mol. The molecule has 5 heteroatoms. The van der Waals surface area contributed by atoms with E-state index >= 15 is 0 Å². The second-order valence-corrected chi connectivity index (χ2v) is 9.41. The van der Waals surface area contributed by atoms with Gasteiger partial charge in [-0.2, -0.15) is 0 Å². The van der Waals surface area contributed by atoms with Crippen molar-refractivity contribution in [1.82, 2.24) is 0 Å². The third-order valence-corrected chi connectivity index (χ3v) is 5.95. The van der Waals surface area contributed by atoms with Gasteiger partial charge in [0.25, 0.3) is 5.91 Å². The maximum absolute atomic E-state index is 13.0. The van der Waals surface area contributed by atoms with E-state index in [1.807, 2.05) is 19.9 Å². The van der Waals surface area contributed by atoms with Crippen molar-refractivity contribution in [1.29, 1.82) is 0 Å². The lowest BCUT2D eigenvalue weighted by atomic mass is 9.88. The molecule has 3 aromatic rings. The molecule has 32 heavy (non-hydrogen) atoms. The number of aryl methyl sites for hydroxylation is 1. The number of anilines is 1. The lowest BCUT2D eigenvalue weighted by molar-refractivity contribution is 0.101. The molecule has 0 radical (unpaired) electrons. The Morgan fingerprint density at radius 1 is 0.938 bits per heavy atom. The number of fused-ring (bicyclic) bond motifs is 1. The number of Topliss-reactive ketones (excluding diaryl/α,β-unsaturated/α-hetero) is 1. The molecular weight excluding hydrogens is 466 g/mol. The van der Waals surface area contributed by atoms with Crippen molar-refractivity contribution in [3.63, 3.8) is 0 Å². The smallest absolute Gasteiger partial charge is 0.255 e. The first-order chi connectivity index (χ1) is 15.1. The molecule has 0 aliphatic carbocycles. The van der Waals surface area contributed by atoms with Crippen LogP contribution in [-0.2, 0) is 0 Å². The van der Waals surface area contributed by atoms with Gasteiger partial charge in [-0.05, 0) is 97.2 Å². The largest absolute Gasteiger partial charge is 0.482 e. The minimum atomic E-state index is -0.488. The minimum absolute atomic E-state index is 0.0140. The first-order valence-corrected chi connectivity index (χ1v) is 11.2. The molecule has 1 aliphatic heterocycles.